The molecule has 24 heavy (non-hydrogen) atoms. The zero-order valence-electron chi connectivity index (χ0n) is 14.8. The van der Waals surface area contributed by atoms with Gasteiger partial charge in [0.2, 0.25) is 0 Å². The highest BCUT2D eigenvalue weighted by atomic mass is 16.5. The van der Waals surface area contributed by atoms with Crippen molar-refractivity contribution < 1.29 is 28.6 Å². The van der Waals surface area contributed by atoms with Gasteiger partial charge in [0.15, 0.2) is 0 Å². The zero-order chi connectivity index (χ0) is 18.2. The molecular weight excluding hydrogens is 318 g/mol. The van der Waals surface area contributed by atoms with Crippen molar-refractivity contribution in [2.45, 2.75) is 32.1 Å². The Morgan fingerprint density at radius 1 is 0.708 bits per heavy atom. The Morgan fingerprint density at radius 2 is 1.17 bits per heavy atom. The van der Waals surface area contributed by atoms with Gasteiger partial charge in [-0.3, -0.25) is 0 Å². The van der Waals surface area contributed by atoms with Gasteiger partial charge in [0.1, 0.15) is 0 Å². The number of carbonyl (C=O) groups excluding carboxylic acids is 3. The molecule has 9 heteroatoms. The topological polar surface area (TPSA) is 106 Å². The van der Waals surface area contributed by atoms with Crippen molar-refractivity contribution in [2.75, 3.05) is 47.5 Å². The quantitative estimate of drug-likeness (QED) is 0.435. The second-order valence-electron chi connectivity index (χ2n) is 5.06. The average molecular weight is 347 g/mol. The Labute approximate surface area is 143 Å². The van der Waals surface area contributed by atoms with Gasteiger partial charge < -0.3 is 29.7 Å². The smallest absolute Gasteiger partial charge is 0.409 e. The summed E-state index contributed by atoms with van der Waals surface area (Å²) in [7, 11) is 3.99. The van der Waals surface area contributed by atoms with Gasteiger partial charge in [0.05, 0.1) is 21.3 Å². The first-order valence-electron chi connectivity index (χ1n) is 8.01. The number of methoxy groups -OCH3 is 3. The van der Waals surface area contributed by atoms with Crippen LogP contribution in [0.25, 0.3) is 0 Å². The number of rotatable bonds is 11. The van der Waals surface area contributed by atoms with Crippen molar-refractivity contribution in [3.63, 3.8) is 0 Å². The minimum Gasteiger partial charge on any atom is -0.453 e. The molecule has 3 amide bonds. The van der Waals surface area contributed by atoms with Gasteiger partial charge in [-0.05, 0) is 32.1 Å². The molecule has 0 aromatic heterocycles. The first-order valence-corrected chi connectivity index (χ1v) is 8.01. The molecule has 0 aliphatic heterocycles. The molecule has 0 unspecified atom stereocenters. The van der Waals surface area contributed by atoms with Crippen LogP contribution in [0.5, 0.6) is 0 Å². The van der Waals surface area contributed by atoms with Gasteiger partial charge >= 0.3 is 18.3 Å². The number of ether oxygens (including phenoxy) is 3. The number of nitrogens with one attached hydrogen (secondary N) is 2. The standard InChI is InChI=1S/C15H29N3O6/c1-22-13(19)16-9-5-4-7-11-18(15(21)24-3)12-8-6-10-17-14(20)23-2/h4-12H2,1-3H3,(H,16,19)(H,17,20). The molecule has 140 valence electrons. The van der Waals surface area contributed by atoms with Gasteiger partial charge in [0.25, 0.3) is 0 Å². The lowest BCUT2D eigenvalue weighted by Gasteiger charge is -2.21. The highest BCUT2D eigenvalue weighted by Crippen LogP contribution is 2.03. The Hall–Kier alpha value is -2.19. The van der Waals surface area contributed by atoms with Gasteiger partial charge in [-0.25, -0.2) is 14.4 Å². The highest BCUT2D eigenvalue weighted by Gasteiger charge is 2.12. The van der Waals surface area contributed by atoms with Gasteiger partial charge in [-0.15, -0.1) is 0 Å². The molecule has 0 fully saturated rings. The molecule has 0 aromatic rings. The van der Waals surface area contributed by atoms with Crippen LogP contribution in [-0.2, 0) is 14.2 Å². The molecule has 0 saturated heterocycles. The minimum atomic E-state index is -0.458. The number of hydrogen-bond acceptors (Lipinski definition) is 6. The second-order valence-corrected chi connectivity index (χ2v) is 5.06. The second kappa shape index (κ2) is 14.4. The molecule has 2 N–H and O–H groups in total. The Balaban J connectivity index is 3.84. The molecule has 0 aromatic carbocycles. The predicted octanol–water partition coefficient (Wildman–Crippen LogP) is 1.72. The van der Waals surface area contributed by atoms with E-state index >= 15 is 0 Å². The summed E-state index contributed by atoms with van der Waals surface area (Å²) in [6.07, 6.45) is 2.75. The molecule has 0 spiro atoms. The third-order valence-electron chi connectivity index (χ3n) is 3.30. The number of amides is 3. The van der Waals surface area contributed by atoms with Crippen LogP contribution in [0.4, 0.5) is 14.4 Å². The summed E-state index contributed by atoms with van der Waals surface area (Å²) in [6.45, 7) is 2.20. The van der Waals surface area contributed by atoms with Crippen molar-refractivity contribution in [3.8, 4) is 0 Å². The predicted molar refractivity (Wildman–Crippen MR) is 87.9 cm³/mol. The summed E-state index contributed by atoms with van der Waals surface area (Å²) in [5.74, 6) is 0. The van der Waals surface area contributed by atoms with Crippen LogP contribution < -0.4 is 10.6 Å². The summed E-state index contributed by atoms with van der Waals surface area (Å²) in [5, 5.41) is 5.19. The molecule has 0 rings (SSSR count). The molecule has 0 aliphatic rings. The van der Waals surface area contributed by atoms with E-state index in [1.54, 1.807) is 4.90 Å². The van der Waals surface area contributed by atoms with E-state index < -0.39 is 12.2 Å². The van der Waals surface area contributed by atoms with Crippen LogP contribution in [0.2, 0.25) is 0 Å². The number of nitrogens with zero attached hydrogens (tertiary/aromatic N) is 1. The maximum absolute atomic E-state index is 11.7. The largest absolute Gasteiger partial charge is 0.453 e. The van der Waals surface area contributed by atoms with E-state index in [0.717, 1.165) is 32.1 Å². The number of alkyl carbamates (subject to hydrolysis) is 2. The molecule has 0 heterocycles. The number of hydrogen-bond donors (Lipinski definition) is 2. The summed E-state index contributed by atoms with van der Waals surface area (Å²) in [5.41, 5.74) is 0. The lowest BCUT2D eigenvalue weighted by Crippen LogP contribution is -2.33. The molecule has 0 bridgehead atoms. The third kappa shape index (κ3) is 11.4. The van der Waals surface area contributed by atoms with E-state index in [9.17, 15) is 14.4 Å². The van der Waals surface area contributed by atoms with Crippen LogP contribution in [0, 0.1) is 0 Å². The summed E-state index contributed by atoms with van der Waals surface area (Å²) >= 11 is 0. The average Bonchev–Trinajstić information content (AvgIpc) is 2.60. The fourth-order valence-corrected chi connectivity index (χ4v) is 1.98. The van der Waals surface area contributed by atoms with Crippen molar-refractivity contribution in [1.82, 2.24) is 15.5 Å². The van der Waals surface area contributed by atoms with E-state index in [1.807, 2.05) is 0 Å². The van der Waals surface area contributed by atoms with E-state index in [4.69, 9.17) is 4.74 Å². The molecular formula is C15H29N3O6. The molecule has 0 radical (unpaired) electrons. The molecule has 0 atom stereocenters. The van der Waals surface area contributed by atoms with Crippen molar-refractivity contribution in [2.24, 2.45) is 0 Å². The third-order valence-corrected chi connectivity index (χ3v) is 3.30. The van der Waals surface area contributed by atoms with Crippen LogP contribution in [0.15, 0.2) is 0 Å². The maximum Gasteiger partial charge on any atom is 0.409 e. The Bertz CT molecular complexity index is 378. The fourth-order valence-electron chi connectivity index (χ4n) is 1.98. The first kappa shape index (κ1) is 21.8. The van der Waals surface area contributed by atoms with E-state index in [1.165, 1.54) is 21.3 Å². The summed E-state index contributed by atoms with van der Waals surface area (Å²) < 4.78 is 13.7. The normalized spacial score (nSPS) is 9.79. The monoisotopic (exact) mass is 347 g/mol. The minimum absolute atomic E-state index is 0.358. The van der Waals surface area contributed by atoms with Crippen LogP contribution >= 0.6 is 0 Å². The number of carbonyl (C=O) groups is 3. The molecule has 0 aliphatic carbocycles. The fraction of sp³-hybridized carbons (Fsp3) is 0.800. The lowest BCUT2D eigenvalue weighted by atomic mass is 10.2. The van der Waals surface area contributed by atoms with Crippen molar-refractivity contribution in [1.29, 1.82) is 0 Å². The molecule has 9 nitrogen and oxygen atoms in total. The van der Waals surface area contributed by atoms with E-state index in [-0.39, 0.29) is 6.09 Å². The van der Waals surface area contributed by atoms with Crippen LogP contribution in [0.1, 0.15) is 32.1 Å². The van der Waals surface area contributed by atoms with E-state index in [2.05, 4.69) is 20.1 Å². The number of unbranched alkanes of at least 4 members (excludes halogenated alkanes) is 3. The Morgan fingerprint density at radius 3 is 1.62 bits per heavy atom. The maximum atomic E-state index is 11.7. The summed E-state index contributed by atoms with van der Waals surface area (Å²) in [4.78, 5) is 35.1. The van der Waals surface area contributed by atoms with E-state index in [0.29, 0.717) is 26.2 Å². The highest BCUT2D eigenvalue weighted by molar-refractivity contribution is 5.67. The van der Waals surface area contributed by atoms with Gasteiger partial charge in [-0.2, -0.15) is 0 Å². The summed E-state index contributed by atoms with van der Waals surface area (Å²) in [6, 6.07) is 0. The zero-order valence-corrected chi connectivity index (χ0v) is 14.8. The molecule has 0 saturated carbocycles. The van der Waals surface area contributed by atoms with Crippen LogP contribution in [-0.4, -0.2) is 70.7 Å². The Kier molecular flexibility index (Phi) is 13.1. The SMILES string of the molecule is COC(=O)NCCCCCN(CCCCNC(=O)OC)C(=O)OC. The lowest BCUT2D eigenvalue weighted by molar-refractivity contribution is 0.121. The van der Waals surface area contributed by atoms with Crippen molar-refractivity contribution >= 4 is 18.3 Å². The van der Waals surface area contributed by atoms with Gasteiger partial charge in [-0.1, -0.05) is 0 Å². The van der Waals surface area contributed by atoms with Gasteiger partial charge in [0, 0.05) is 26.2 Å². The van der Waals surface area contributed by atoms with Crippen molar-refractivity contribution in [3.05, 3.63) is 0 Å². The first-order chi connectivity index (χ1) is 11.5. The van der Waals surface area contributed by atoms with Crippen LogP contribution in [0.3, 0.4) is 0 Å².